The van der Waals surface area contributed by atoms with Crippen LogP contribution in [0.5, 0.6) is 0 Å². The number of hydrogen-bond donors (Lipinski definition) is 0. The molecule has 0 nitrogen and oxygen atoms in total. The van der Waals surface area contributed by atoms with Crippen LogP contribution in [-0.4, -0.2) is 10.6 Å². The third kappa shape index (κ3) is 5.14. The number of alkyl halides is 1. The zero-order valence-corrected chi connectivity index (χ0v) is 22.0. The zero-order valence-electron chi connectivity index (χ0n) is 16.8. The van der Waals surface area contributed by atoms with Crippen molar-refractivity contribution in [2.75, 3.05) is 10.6 Å². The average molecular weight is 626 g/mol. The van der Waals surface area contributed by atoms with Crippen LogP contribution >= 0.6 is 48.9 Å². The van der Waals surface area contributed by atoms with Gasteiger partial charge >= 0.3 is 204 Å². The second kappa shape index (κ2) is 11.1. The Hall–Kier alpha value is -0.710. The summed E-state index contributed by atoms with van der Waals surface area (Å²) in [4.78, 5) is 0. The number of allylic oxidation sites excluding steroid dienone is 2. The van der Waals surface area contributed by atoms with Crippen LogP contribution in [0.4, 0.5) is 0 Å². The quantitative estimate of drug-likeness (QED) is 0.0723. The SMILES string of the molecule is ICCCCCC=CCP(I)(c1ccccc1)(c1ccccc1)c1ccccc1. The Balaban J connectivity index is 2.08. The van der Waals surface area contributed by atoms with Crippen LogP contribution in [-0.2, 0) is 0 Å². The van der Waals surface area contributed by atoms with E-state index in [9.17, 15) is 0 Å². The summed E-state index contributed by atoms with van der Waals surface area (Å²) >= 11 is 5.33. The van der Waals surface area contributed by atoms with E-state index >= 15 is 0 Å². The number of hydrogen-bond acceptors (Lipinski definition) is 0. The predicted molar refractivity (Wildman–Crippen MR) is 151 cm³/mol. The van der Waals surface area contributed by atoms with Crippen molar-refractivity contribution < 1.29 is 0 Å². The van der Waals surface area contributed by atoms with Crippen LogP contribution in [0.3, 0.4) is 0 Å². The fourth-order valence-electron chi connectivity index (χ4n) is 3.90. The molecule has 0 radical (unpaired) electrons. The number of rotatable bonds is 10. The van der Waals surface area contributed by atoms with Crippen LogP contribution in [0, 0.1) is 0 Å². The van der Waals surface area contributed by atoms with Crippen molar-refractivity contribution in [2.24, 2.45) is 0 Å². The Bertz CT molecular complexity index is 792. The van der Waals surface area contributed by atoms with Crippen LogP contribution < -0.4 is 15.9 Å². The average Bonchev–Trinajstić information content (AvgIpc) is 2.80. The van der Waals surface area contributed by atoms with Crippen molar-refractivity contribution in [3.05, 3.63) is 103 Å². The van der Waals surface area contributed by atoms with Crippen molar-refractivity contribution in [1.82, 2.24) is 0 Å². The molecule has 29 heavy (non-hydrogen) atoms. The Kier molecular flexibility index (Phi) is 8.76. The van der Waals surface area contributed by atoms with Crippen LogP contribution in [0.2, 0.25) is 0 Å². The topological polar surface area (TPSA) is 0 Å². The Morgan fingerprint density at radius 1 is 0.586 bits per heavy atom. The van der Waals surface area contributed by atoms with Gasteiger partial charge in [-0.1, -0.05) is 0 Å². The van der Waals surface area contributed by atoms with E-state index in [-0.39, 0.29) is 0 Å². The second-order valence-corrected chi connectivity index (χ2v) is 19.1. The molecule has 0 fully saturated rings. The van der Waals surface area contributed by atoms with Crippen molar-refractivity contribution in [3.8, 4) is 0 Å². The molecule has 0 spiro atoms. The number of unbranched alkanes of at least 4 members (excludes halogenated alkanes) is 3. The van der Waals surface area contributed by atoms with Crippen molar-refractivity contribution in [2.45, 2.75) is 25.7 Å². The van der Waals surface area contributed by atoms with E-state index in [0.717, 1.165) is 6.16 Å². The molecule has 0 heterocycles. The first-order valence-electron chi connectivity index (χ1n) is 10.3. The molecule has 3 aromatic carbocycles. The molecule has 0 aromatic heterocycles. The van der Waals surface area contributed by atoms with Gasteiger partial charge in [0.1, 0.15) is 0 Å². The van der Waals surface area contributed by atoms with Crippen molar-refractivity contribution in [3.63, 3.8) is 0 Å². The standard InChI is InChI=1S/C26H29I2P/c27-22-14-3-1-2-4-15-23-29(28,24-16-8-5-9-17-24,25-18-10-6-11-19-25)26-20-12-7-13-21-26/h4-13,15-21H,1-3,14,22-23H2. The number of benzene rings is 3. The molecule has 0 aliphatic heterocycles. The summed E-state index contributed by atoms with van der Waals surface area (Å²) in [7, 11) is 0. The normalized spacial score (nSPS) is 13.2. The van der Waals surface area contributed by atoms with E-state index in [1.165, 1.54) is 46.0 Å². The van der Waals surface area contributed by atoms with Crippen molar-refractivity contribution >= 4 is 64.8 Å². The van der Waals surface area contributed by atoms with E-state index in [4.69, 9.17) is 0 Å². The molecular weight excluding hydrogens is 597 g/mol. The summed E-state index contributed by atoms with van der Waals surface area (Å²) in [5.74, 6) is 0. The molecular formula is C26H29I2P. The van der Waals surface area contributed by atoms with E-state index in [1.54, 1.807) is 0 Å². The molecule has 0 atom stereocenters. The van der Waals surface area contributed by atoms with Gasteiger partial charge in [-0.2, -0.15) is 0 Å². The minimum absolute atomic E-state index is 1.05. The van der Waals surface area contributed by atoms with Gasteiger partial charge in [-0.15, -0.1) is 0 Å². The third-order valence-corrected chi connectivity index (χ3v) is 17.5. The van der Waals surface area contributed by atoms with E-state index in [2.05, 4.69) is 148 Å². The minimum atomic E-state index is -2.63. The van der Waals surface area contributed by atoms with Gasteiger partial charge in [0.15, 0.2) is 0 Å². The maximum atomic E-state index is 2.86. The van der Waals surface area contributed by atoms with E-state index < -0.39 is 4.25 Å². The predicted octanol–water partition coefficient (Wildman–Crippen LogP) is 7.42. The van der Waals surface area contributed by atoms with Gasteiger partial charge in [-0.3, -0.25) is 0 Å². The summed E-state index contributed by atoms with van der Waals surface area (Å²) in [6.45, 7) is 0. The molecule has 3 aromatic rings. The fourth-order valence-corrected chi connectivity index (χ4v) is 12.5. The summed E-state index contributed by atoms with van der Waals surface area (Å²) < 4.78 is -1.36. The molecule has 0 bridgehead atoms. The summed E-state index contributed by atoms with van der Waals surface area (Å²) in [5.41, 5.74) is 0. The van der Waals surface area contributed by atoms with E-state index in [0.29, 0.717) is 0 Å². The van der Waals surface area contributed by atoms with Gasteiger partial charge in [0.05, 0.1) is 0 Å². The second-order valence-electron chi connectivity index (χ2n) is 7.38. The third-order valence-electron chi connectivity index (χ3n) is 5.50. The van der Waals surface area contributed by atoms with Crippen LogP contribution in [0.25, 0.3) is 0 Å². The van der Waals surface area contributed by atoms with Gasteiger partial charge in [0.25, 0.3) is 0 Å². The Labute approximate surface area is 202 Å². The monoisotopic (exact) mass is 626 g/mol. The van der Waals surface area contributed by atoms with Gasteiger partial charge in [-0.25, -0.2) is 0 Å². The van der Waals surface area contributed by atoms with E-state index in [1.807, 2.05) is 0 Å². The Morgan fingerprint density at radius 2 is 1.03 bits per heavy atom. The molecule has 0 saturated carbocycles. The Morgan fingerprint density at radius 3 is 1.45 bits per heavy atom. The van der Waals surface area contributed by atoms with Gasteiger partial charge in [0.2, 0.25) is 0 Å². The van der Waals surface area contributed by atoms with Crippen molar-refractivity contribution in [1.29, 1.82) is 0 Å². The van der Waals surface area contributed by atoms with Gasteiger partial charge in [-0.05, 0) is 0 Å². The first-order valence-corrected chi connectivity index (χ1v) is 17.0. The van der Waals surface area contributed by atoms with Crippen LogP contribution in [0.1, 0.15) is 25.7 Å². The maximum absolute atomic E-state index is 2.86. The molecule has 0 aliphatic rings. The summed E-state index contributed by atoms with van der Waals surface area (Å²) in [6, 6.07) is 33.5. The molecule has 3 rings (SSSR count). The summed E-state index contributed by atoms with van der Waals surface area (Å²) in [5, 5.41) is 4.35. The molecule has 0 aliphatic carbocycles. The molecule has 3 heteroatoms. The molecule has 0 unspecified atom stereocenters. The van der Waals surface area contributed by atoms with Gasteiger partial charge in [0, 0.05) is 0 Å². The number of halogens is 2. The molecule has 0 amide bonds. The molecule has 0 N–H and O–H groups in total. The molecule has 152 valence electrons. The zero-order chi connectivity index (χ0) is 20.4. The first kappa shape index (κ1) is 23.0. The summed E-state index contributed by atoms with van der Waals surface area (Å²) in [6.07, 6.45) is 11.1. The van der Waals surface area contributed by atoms with Crippen LogP contribution in [0.15, 0.2) is 103 Å². The van der Waals surface area contributed by atoms with Gasteiger partial charge < -0.3 is 0 Å². The fraction of sp³-hybridized carbons (Fsp3) is 0.231. The molecule has 0 saturated heterocycles. The first-order chi connectivity index (χ1) is 14.2.